The molecule has 2 aliphatic carbocycles. The Labute approximate surface area is 212 Å². The van der Waals surface area contributed by atoms with Crippen molar-refractivity contribution in [2.45, 2.75) is 97.3 Å². The number of hydrogen-bond donors (Lipinski definition) is 0. The van der Waals surface area contributed by atoms with Crippen molar-refractivity contribution in [3.05, 3.63) is 64.4 Å². The fourth-order valence-corrected chi connectivity index (χ4v) is 6.36. The summed E-state index contributed by atoms with van der Waals surface area (Å²) in [6.07, 6.45) is 18.6. The molecule has 0 radical (unpaired) electrons. The second-order valence-electron chi connectivity index (χ2n) is 10.9. The van der Waals surface area contributed by atoms with Crippen LogP contribution >= 0.6 is 11.6 Å². The van der Waals surface area contributed by atoms with Gasteiger partial charge < -0.3 is 0 Å². The number of aryl methyl sites for hydroxylation is 1. The number of hydrogen-bond acceptors (Lipinski definition) is 0. The average Bonchev–Trinajstić information content (AvgIpc) is 2.87. The van der Waals surface area contributed by atoms with Gasteiger partial charge in [-0.25, -0.2) is 4.39 Å². The molecule has 0 bridgehead atoms. The molecule has 1 fully saturated rings. The summed E-state index contributed by atoms with van der Waals surface area (Å²) in [5.41, 5.74) is 4.98. The Bertz CT molecular complexity index is 950. The van der Waals surface area contributed by atoms with Crippen molar-refractivity contribution in [3.8, 4) is 11.1 Å². The van der Waals surface area contributed by atoms with E-state index in [0.717, 1.165) is 53.7 Å². The fraction of sp³-hybridized carbons (Fsp3) is 0.562. The molecule has 4 rings (SSSR count). The van der Waals surface area contributed by atoms with Crippen LogP contribution < -0.4 is 0 Å². The number of unbranched alkanes of at least 4 members (excludes halogenated alkanes) is 4. The van der Waals surface area contributed by atoms with Crippen LogP contribution in [0, 0.1) is 23.6 Å². The first-order chi connectivity index (χ1) is 16.6. The van der Waals surface area contributed by atoms with E-state index in [1.807, 2.05) is 12.1 Å². The minimum absolute atomic E-state index is 0.254. The van der Waals surface area contributed by atoms with Gasteiger partial charge in [-0.1, -0.05) is 106 Å². The lowest BCUT2D eigenvalue weighted by atomic mass is 9.71. The summed E-state index contributed by atoms with van der Waals surface area (Å²) in [5, 5.41) is 0.258. The lowest BCUT2D eigenvalue weighted by molar-refractivity contribution is 0.202. The first kappa shape index (κ1) is 25.5. The molecular formula is C32H42ClF. The van der Waals surface area contributed by atoms with Gasteiger partial charge in [0.1, 0.15) is 5.82 Å². The van der Waals surface area contributed by atoms with E-state index in [1.165, 1.54) is 69.8 Å². The minimum Gasteiger partial charge on any atom is -0.205 e. The maximum Gasteiger partial charge on any atom is 0.149 e. The second-order valence-corrected chi connectivity index (χ2v) is 11.3. The maximum absolute atomic E-state index is 15.4. The summed E-state index contributed by atoms with van der Waals surface area (Å²) in [5.74, 6) is 2.28. The molecule has 0 aromatic heterocycles. The number of rotatable bonds is 9. The Morgan fingerprint density at radius 3 is 2.21 bits per heavy atom. The SMILES string of the molecule is CCCCCCCc1ccc(-c2ccc(C3=CCC(C4CCC(C)CC4)CC3)c(F)c2Cl)cc1. The summed E-state index contributed by atoms with van der Waals surface area (Å²) in [7, 11) is 0. The van der Waals surface area contributed by atoms with Gasteiger partial charge in [-0.2, -0.15) is 0 Å². The van der Waals surface area contributed by atoms with Crippen molar-refractivity contribution in [2.24, 2.45) is 17.8 Å². The number of allylic oxidation sites excluding steroid dienone is 2. The highest BCUT2D eigenvalue weighted by Crippen LogP contribution is 2.42. The lowest BCUT2D eigenvalue weighted by Crippen LogP contribution is -2.22. The van der Waals surface area contributed by atoms with Crippen LogP contribution in [0.1, 0.15) is 102 Å². The molecule has 0 heterocycles. The van der Waals surface area contributed by atoms with Crippen molar-refractivity contribution in [1.29, 1.82) is 0 Å². The Balaban J connectivity index is 1.39. The highest BCUT2D eigenvalue weighted by molar-refractivity contribution is 6.33. The molecule has 1 unspecified atom stereocenters. The highest BCUT2D eigenvalue weighted by atomic mass is 35.5. The normalized spacial score (nSPS) is 23.1. The second kappa shape index (κ2) is 12.4. The first-order valence-electron chi connectivity index (χ1n) is 13.8. The van der Waals surface area contributed by atoms with Crippen LogP contribution in [-0.2, 0) is 6.42 Å². The van der Waals surface area contributed by atoms with Crippen LogP contribution in [0.4, 0.5) is 4.39 Å². The van der Waals surface area contributed by atoms with Crippen LogP contribution in [0.5, 0.6) is 0 Å². The van der Waals surface area contributed by atoms with Crippen LogP contribution in [-0.4, -0.2) is 0 Å². The predicted octanol–water partition coefficient (Wildman–Crippen LogP) is 10.7. The summed E-state index contributed by atoms with van der Waals surface area (Å²) in [4.78, 5) is 0. The minimum atomic E-state index is -0.254. The van der Waals surface area contributed by atoms with Gasteiger partial charge in [0.2, 0.25) is 0 Å². The molecule has 184 valence electrons. The third kappa shape index (κ3) is 6.34. The van der Waals surface area contributed by atoms with E-state index in [0.29, 0.717) is 5.56 Å². The molecule has 0 nitrogen and oxygen atoms in total. The standard InChI is InChI=1S/C32H42ClF/c1-3-4-5-6-7-8-24-11-15-27(16-12-24)29-21-22-30(32(34)31(29)33)28-19-17-26(18-20-28)25-13-9-23(2)10-14-25/h11-12,15-16,19,21-23,25-26H,3-10,13-14,17-18,20H2,1-2H3. The van der Waals surface area contributed by atoms with Crippen molar-refractivity contribution < 1.29 is 4.39 Å². The molecule has 0 aliphatic heterocycles. The van der Waals surface area contributed by atoms with Gasteiger partial charge in [-0.05, 0) is 79.4 Å². The Morgan fingerprint density at radius 2 is 1.53 bits per heavy atom. The van der Waals surface area contributed by atoms with Crippen molar-refractivity contribution >= 4 is 17.2 Å². The molecule has 0 spiro atoms. The van der Waals surface area contributed by atoms with Gasteiger partial charge in [-0.15, -0.1) is 0 Å². The summed E-state index contributed by atoms with van der Waals surface area (Å²) >= 11 is 6.59. The molecule has 1 atom stereocenters. The Kier molecular flexibility index (Phi) is 9.29. The molecule has 2 aromatic rings. The van der Waals surface area contributed by atoms with Crippen molar-refractivity contribution in [1.82, 2.24) is 0 Å². The van der Waals surface area contributed by atoms with Crippen LogP contribution in [0.3, 0.4) is 0 Å². The molecule has 2 aromatic carbocycles. The van der Waals surface area contributed by atoms with Gasteiger partial charge in [0, 0.05) is 11.1 Å². The van der Waals surface area contributed by atoms with Gasteiger partial charge in [0.15, 0.2) is 0 Å². The van der Waals surface area contributed by atoms with E-state index in [9.17, 15) is 0 Å². The highest BCUT2D eigenvalue weighted by Gasteiger charge is 2.28. The molecule has 34 heavy (non-hydrogen) atoms. The maximum atomic E-state index is 15.4. The Hall–Kier alpha value is -1.60. The van der Waals surface area contributed by atoms with E-state index in [2.05, 4.69) is 44.2 Å². The predicted molar refractivity (Wildman–Crippen MR) is 146 cm³/mol. The van der Waals surface area contributed by atoms with E-state index >= 15 is 4.39 Å². The van der Waals surface area contributed by atoms with Crippen LogP contribution in [0.15, 0.2) is 42.5 Å². The van der Waals surface area contributed by atoms with E-state index in [4.69, 9.17) is 11.6 Å². The van der Waals surface area contributed by atoms with Crippen LogP contribution in [0.2, 0.25) is 5.02 Å². The molecule has 0 N–H and O–H groups in total. The summed E-state index contributed by atoms with van der Waals surface area (Å²) < 4.78 is 15.4. The van der Waals surface area contributed by atoms with Gasteiger partial charge in [0.05, 0.1) is 5.02 Å². The number of benzene rings is 2. The van der Waals surface area contributed by atoms with E-state index in [-0.39, 0.29) is 10.8 Å². The molecule has 2 aliphatic rings. The Morgan fingerprint density at radius 1 is 0.824 bits per heavy atom. The molecular weight excluding hydrogens is 439 g/mol. The lowest BCUT2D eigenvalue weighted by Gasteiger charge is -2.34. The average molecular weight is 481 g/mol. The quantitative estimate of drug-likeness (QED) is 0.313. The van der Waals surface area contributed by atoms with Gasteiger partial charge in [-0.3, -0.25) is 0 Å². The monoisotopic (exact) mass is 480 g/mol. The largest absolute Gasteiger partial charge is 0.205 e. The molecule has 1 saturated carbocycles. The molecule has 0 amide bonds. The molecule has 0 saturated heterocycles. The topological polar surface area (TPSA) is 0 Å². The fourth-order valence-electron chi connectivity index (χ4n) is 6.09. The third-order valence-electron chi connectivity index (χ3n) is 8.44. The van der Waals surface area contributed by atoms with Gasteiger partial charge >= 0.3 is 0 Å². The third-order valence-corrected chi connectivity index (χ3v) is 8.81. The summed E-state index contributed by atoms with van der Waals surface area (Å²) in [6.45, 7) is 4.63. The zero-order chi connectivity index (χ0) is 23.9. The number of halogens is 2. The zero-order valence-corrected chi connectivity index (χ0v) is 22.0. The smallest absolute Gasteiger partial charge is 0.149 e. The van der Waals surface area contributed by atoms with Crippen molar-refractivity contribution in [2.75, 3.05) is 0 Å². The summed E-state index contributed by atoms with van der Waals surface area (Å²) in [6, 6.07) is 12.5. The molecule has 2 heteroatoms. The zero-order valence-electron chi connectivity index (χ0n) is 21.2. The first-order valence-corrected chi connectivity index (χ1v) is 14.2. The van der Waals surface area contributed by atoms with Gasteiger partial charge in [0.25, 0.3) is 0 Å². The van der Waals surface area contributed by atoms with E-state index < -0.39 is 0 Å². The van der Waals surface area contributed by atoms with Crippen molar-refractivity contribution in [3.63, 3.8) is 0 Å². The van der Waals surface area contributed by atoms with E-state index in [1.54, 1.807) is 0 Å². The van der Waals surface area contributed by atoms with Crippen LogP contribution in [0.25, 0.3) is 16.7 Å².